The lowest BCUT2D eigenvalue weighted by atomic mass is 9.89. The molecule has 1 saturated heterocycles. The molecule has 0 atom stereocenters. The summed E-state index contributed by atoms with van der Waals surface area (Å²) in [6.45, 7) is 0.469. The number of hydrogen-bond donors (Lipinski definition) is 1. The maximum atomic E-state index is 13.0. The number of piperidine rings is 1. The number of aromatic nitrogens is 1. The third-order valence-electron chi connectivity index (χ3n) is 4.33. The first-order valence-corrected chi connectivity index (χ1v) is 9.05. The van der Waals surface area contributed by atoms with Crippen LogP contribution in [0.1, 0.15) is 19.3 Å². The minimum Gasteiger partial charge on any atom is -0.389 e. The molecular weight excluding hydrogens is 328 g/mol. The Bertz CT molecular complexity index is 845. The van der Waals surface area contributed by atoms with E-state index in [1.165, 1.54) is 16.8 Å². The molecular formula is C17H18N2O4S. The fourth-order valence-corrected chi connectivity index (χ4v) is 4.57. The second-order valence-electron chi connectivity index (χ2n) is 5.92. The van der Waals surface area contributed by atoms with Gasteiger partial charge < -0.3 is 9.63 Å². The van der Waals surface area contributed by atoms with Gasteiger partial charge in [0.2, 0.25) is 10.0 Å². The Hall–Kier alpha value is -2.14. The van der Waals surface area contributed by atoms with Gasteiger partial charge in [0, 0.05) is 30.6 Å². The number of aliphatic hydroxyl groups is 1. The van der Waals surface area contributed by atoms with Crippen molar-refractivity contribution in [2.24, 2.45) is 0 Å². The van der Waals surface area contributed by atoms with Crippen molar-refractivity contribution >= 4 is 10.0 Å². The van der Waals surface area contributed by atoms with Crippen LogP contribution in [-0.4, -0.2) is 41.7 Å². The molecule has 7 heteroatoms. The predicted octanol–water partition coefficient (Wildman–Crippen LogP) is 1.88. The average Bonchev–Trinajstić information content (AvgIpc) is 3.10. The van der Waals surface area contributed by atoms with Crippen LogP contribution in [0.5, 0.6) is 0 Å². The van der Waals surface area contributed by atoms with Gasteiger partial charge in [-0.2, -0.15) is 4.31 Å². The molecule has 0 unspecified atom stereocenters. The predicted molar refractivity (Wildman–Crippen MR) is 88.3 cm³/mol. The zero-order chi connectivity index (χ0) is 17.2. The summed E-state index contributed by atoms with van der Waals surface area (Å²) in [5.41, 5.74) is 0.174. The lowest BCUT2D eigenvalue weighted by Crippen LogP contribution is -2.46. The third-order valence-corrected chi connectivity index (χ3v) is 6.29. The summed E-state index contributed by atoms with van der Waals surface area (Å²) in [5.74, 6) is 2.46. The summed E-state index contributed by atoms with van der Waals surface area (Å²) < 4.78 is 32.3. The van der Waals surface area contributed by atoms with Gasteiger partial charge in [-0.3, -0.25) is 0 Å². The van der Waals surface area contributed by atoms with Crippen LogP contribution in [0.3, 0.4) is 0 Å². The van der Waals surface area contributed by atoms with Crippen LogP contribution in [-0.2, 0) is 10.0 Å². The number of terminal acetylenes is 1. The minimum atomic E-state index is -3.68. The SMILES string of the molecule is C#CCC1(O)CCN(S(=O)(=O)c2ccccc2-c2cnoc2)CC1. The fraction of sp³-hybridized carbons (Fsp3) is 0.353. The maximum Gasteiger partial charge on any atom is 0.243 e. The highest BCUT2D eigenvalue weighted by Crippen LogP contribution is 2.33. The Morgan fingerprint density at radius 2 is 2.04 bits per heavy atom. The maximum absolute atomic E-state index is 13.0. The first-order chi connectivity index (χ1) is 11.5. The molecule has 1 N–H and O–H groups in total. The largest absolute Gasteiger partial charge is 0.389 e. The van der Waals surface area contributed by atoms with Crippen molar-refractivity contribution < 1.29 is 18.0 Å². The monoisotopic (exact) mass is 346 g/mol. The summed E-state index contributed by atoms with van der Waals surface area (Å²) in [6.07, 6.45) is 9.05. The van der Waals surface area contributed by atoms with Crippen LogP contribution in [0.15, 0.2) is 46.1 Å². The van der Waals surface area contributed by atoms with Crippen LogP contribution >= 0.6 is 0 Å². The highest BCUT2D eigenvalue weighted by Gasteiger charge is 2.37. The molecule has 2 aromatic rings. The molecule has 6 nitrogen and oxygen atoms in total. The van der Waals surface area contributed by atoms with E-state index in [1.54, 1.807) is 24.3 Å². The number of nitrogens with zero attached hydrogens (tertiary/aromatic N) is 2. The first-order valence-electron chi connectivity index (χ1n) is 7.61. The van der Waals surface area contributed by atoms with Crippen molar-refractivity contribution in [3.63, 3.8) is 0 Å². The molecule has 0 saturated carbocycles. The van der Waals surface area contributed by atoms with Crippen LogP contribution in [0.4, 0.5) is 0 Å². The van der Waals surface area contributed by atoms with Gasteiger partial charge in [0.05, 0.1) is 16.7 Å². The normalized spacial score (nSPS) is 18.2. The van der Waals surface area contributed by atoms with Crippen LogP contribution in [0.25, 0.3) is 11.1 Å². The first kappa shape index (κ1) is 16.7. The van der Waals surface area contributed by atoms with Gasteiger partial charge >= 0.3 is 0 Å². The molecule has 1 aromatic heterocycles. The Morgan fingerprint density at radius 1 is 1.33 bits per heavy atom. The molecule has 0 aliphatic carbocycles. The van der Waals surface area contributed by atoms with E-state index >= 15 is 0 Å². The molecule has 0 spiro atoms. The van der Waals surface area contributed by atoms with Crippen molar-refractivity contribution in [2.75, 3.05) is 13.1 Å². The van der Waals surface area contributed by atoms with Gasteiger partial charge in [-0.15, -0.1) is 12.3 Å². The van der Waals surface area contributed by atoms with Crippen LogP contribution in [0, 0.1) is 12.3 Å². The van der Waals surface area contributed by atoms with E-state index in [4.69, 9.17) is 10.9 Å². The van der Waals surface area contributed by atoms with E-state index in [2.05, 4.69) is 11.1 Å². The Kier molecular flexibility index (Phi) is 4.45. The van der Waals surface area contributed by atoms with E-state index in [0.717, 1.165) is 0 Å². The molecule has 126 valence electrons. The molecule has 0 radical (unpaired) electrons. The van der Waals surface area contributed by atoms with Crippen molar-refractivity contribution in [2.45, 2.75) is 29.8 Å². The lowest BCUT2D eigenvalue weighted by molar-refractivity contribution is -0.000173. The van der Waals surface area contributed by atoms with E-state index in [0.29, 0.717) is 24.0 Å². The van der Waals surface area contributed by atoms with Crippen LogP contribution < -0.4 is 0 Å². The molecule has 3 rings (SSSR count). The average molecular weight is 346 g/mol. The molecule has 1 aliphatic heterocycles. The molecule has 2 heterocycles. The lowest BCUT2D eigenvalue weighted by Gasteiger charge is -2.36. The summed E-state index contributed by atoms with van der Waals surface area (Å²) in [4.78, 5) is 0.204. The number of rotatable bonds is 4. The Balaban J connectivity index is 1.90. The van der Waals surface area contributed by atoms with Gasteiger partial charge in [0.25, 0.3) is 0 Å². The topological polar surface area (TPSA) is 83.6 Å². The fourth-order valence-electron chi connectivity index (χ4n) is 2.92. The van der Waals surface area contributed by atoms with Crippen LogP contribution in [0.2, 0.25) is 0 Å². The smallest absolute Gasteiger partial charge is 0.243 e. The van der Waals surface area contributed by atoms with Gasteiger partial charge in [-0.05, 0) is 18.9 Å². The number of benzene rings is 1. The highest BCUT2D eigenvalue weighted by atomic mass is 32.2. The summed E-state index contributed by atoms with van der Waals surface area (Å²) >= 11 is 0. The van der Waals surface area contributed by atoms with Crippen molar-refractivity contribution in [1.29, 1.82) is 0 Å². The quantitative estimate of drug-likeness (QED) is 0.855. The molecule has 1 aliphatic rings. The third kappa shape index (κ3) is 3.08. The van der Waals surface area contributed by atoms with Crippen molar-refractivity contribution in [3.05, 3.63) is 36.7 Å². The van der Waals surface area contributed by atoms with Gasteiger partial charge in [0.1, 0.15) is 6.26 Å². The molecule has 0 amide bonds. The Labute approximate surface area is 141 Å². The summed E-state index contributed by atoms with van der Waals surface area (Å²) in [6, 6.07) is 6.74. The molecule has 0 bridgehead atoms. The highest BCUT2D eigenvalue weighted by molar-refractivity contribution is 7.89. The van der Waals surface area contributed by atoms with Gasteiger partial charge in [-0.25, -0.2) is 8.42 Å². The zero-order valence-corrected chi connectivity index (χ0v) is 13.9. The minimum absolute atomic E-state index is 0.204. The molecule has 24 heavy (non-hydrogen) atoms. The molecule has 1 aromatic carbocycles. The second-order valence-corrected chi connectivity index (χ2v) is 7.82. The van der Waals surface area contributed by atoms with Crippen molar-refractivity contribution in [1.82, 2.24) is 9.46 Å². The van der Waals surface area contributed by atoms with E-state index in [9.17, 15) is 13.5 Å². The van der Waals surface area contributed by atoms with E-state index < -0.39 is 15.6 Å². The number of sulfonamides is 1. The van der Waals surface area contributed by atoms with Gasteiger partial charge in [0.15, 0.2) is 0 Å². The standard InChI is InChI=1S/C17H18N2O4S/c1-2-7-17(20)8-10-19(11-9-17)24(21,22)16-6-4-3-5-15(16)14-12-18-23-13-14/h1,3-6,12-13,20H,7-11H2. The number of hydrogen-bond acceptors (Lipinski definition) is 5. The summed E-state index contributed by atoms with van der Waals surface area (Å²) in [5, 5.41) is 14.0. The Morgan fingerprint density at radius 3 is 2.67 bits per heavy atom. The van der Waals surface area contributed by atoms with E-state index in [1.807, 2.05) is 0 Å². The van der Waals surface area contributed by atoms with Gasteiger partial charge in [-0.1, -0.05) is 23.4 Å². The zero-order valence-electron chi connectivity index (χ0n) is 13.1. The van der Waals surface area contributed by atoms with E-state index in [-0.39, 0.29) is 24.4 Å². The summed E-state index contributed by atoms with van der Waals surface area (Å²) in [7, 11) is -3.68. The molecule has 1 fully saturated rings. The second kappa shape index (κ2) is 6.40. The van der Waals surface area contributed by atoms with Crippen molar-refractivity contribution in [3.8, 4) is 23.5 Å².